The lowest BCUT2D eigenvalue weighted by atomic mass is 10.0. The number of imide groups is 1. The Morgan fingerprint density at radius 3 is 2.52 bits per heavy atom. The molecule has 3 aliphatic heterocycles. The molecule has 0 aromatic heterocycles. The van der Waals surface area contributed by atoms with Gasteiger partial charge in [-0.3, -0.25) is 9.69 Å². The molecule has 3 atom stereocenters. The summed E-state index contributed by atoms with van der Waals surface area (Å²) in [5.41, 5.74) is -0.878. The SMILES string of the molecule is CC1(C)C(=O)N(C(CCC=O)C2CO2)C(=O)N1CC1CO1. The first-order chi connectivity index (χ1) is 9.96. The fourth-order valence-electron chi connectivity index (χ4n) is 2.84. The van der Waals surface area contributed by atoms with Crippen LogP contribution in [-0.2, 0) is 19.1 Å². The van der Waals surface area contributed by atoms with Crippen molar-refractivity contribution < 1.29 is 23.9 Å². The second kappa shape index (κ2) is 5.06. The van der Waals surface area contributed by atoms with E-state index in [0.29, 0.717) is 32.6 Å². The van der Waals surface area contributed by atoms with E-state index >= 15 is 0 Å². The average Bonchev–Trinajstić information content (AvgIpc) is 3.31. The summed E-state index contributed by atoms with van der Waals surface area (Å²) in [5, 5.41) is 0. The lowest BCUT2D eigenvalue weighted by Crippen LogP contribution is -2.46. The van der Waals surface area contributed by atoms with Crippen LogP contribution in [0.1, 0.15) is 26.7 Å². The first kappa shape index (κ1) is 14.5. The van der Waals surface area contributed by atoms with Crippen molar-refractivity contribution in [2.24, 2.45) is 0 Å². The molecule has 21 heavy (non-hydrogen) atoms. The second-order valence-corrected chi connectivity index (χ2v) is 6.27. The third-order valence-electron chi connectivity index (χ3n) is 4.34. The largest absolute Gasteiger partial charge is 0.371 e. The maximum absolute atomic E-state index is 12.7. The van der Waals surface area contributed by atoms with Gasteiger partial charge in [-0.2, -0.15) is 0 Å². The van der Waals surface area contributed by atoms with E-state index in [1.807, 2.05) is 0 Å². The van der Waals surface area contributed by atoms with Crippen molar-refractivity contribution in [1.29, 1.82) is 0 Å². The monoisotopic (exact) mass is 296 g/mol. The molecule has 0 saturated carbocycles. The molecule has 0 aromatic rings. The molecule has 0 bridgehead atoms. The molecule has 0 spiro atoms. The highest BCUT2D eigenvalue weighted by Gasteiger charge is 2.56. The lowest BCUT2D eigenvalue weighted by Gasteiger charge is -2.26. The number of urea groups is 1. The van der Waals surface area contributed by atoms with Crippen molar-refractivity contribution >= 4 is 18.2 Å². The molecule has 3 saturated heterocycles. The summed E-state index contributed by atoms with van der Waals surface area (Å²) in [5.74, 6) is -0.223. The molecular weight excluding hydrogens is 276 g/mol. The maximum atomic E-state index is 12.7. The molecule has 7 heteroatoms. The van der Waals surface area contributed by atoms with Gasteiger partial charge in [-0.15, -0.1) is 0 Å². The van der Waals surface area contributed by atoms with E-state index in [-0.39, 0.29) is 30.2 Å². The van der Waals surface area contributed by atoms with Crippen molar-refractivity contribution in [3.05, 3.63) is 0 Å². The zero-order valence-electron chi connectivity index (χ0n) is 12.3. The number of carbonyl (C=O) groups excluding carboxylic acids is 3. The Morgan fingerprint density at radius 2 is 2.00 bits per heavy atom. The van der Waals surface area contributed by atoms with Gasteiger partial charge in [0.2, 0.25) is 0 Å². The Hall–Kier alpha value is -1.47. The fraction of sp³-hybridized carbons (Fsp3) is 0.786. The summed E-state index contributed by atoms with van der Waals surface area (Å²) < 4.78 is 10.4. The predicted octanol–water partition coefficient (Wildman–Crippen LogP) is 0.175. The van der Waals surface area contributed by atoms with Crippen LogP contribution in [0.25, 0.3) is 0 Å². The molecule has 3 aliphatic rings. The van der Waals surface area contributed by atoms with Crippen molar-refractivity contribution in [3.8, 4) is 0 Å². The fourth-order valence-corrected chi connectivity index (χ4v) is 2.84. The molecule has 7 nitrogen and oxygen atoms in total. The Labute approximate surface area is 123 Å². The highest BCUT2D eigenvalue weighted by Crippen LogP contribution is 2.35. The molecule has 3 fully saturated rings. The summed E-state index contributed by atoms with van der Waals surface area (Å²) >= 11 is 0. The number of amides is 3. The molecule has 3 unspecified atom stereocenters. The van der Waals surface area contributed by atoms with Gasteiger partial charge >= 0.3 is 6.03 Å². The highest BCUT2D eigenvalue weighted by molar-refractivity contribution is 6.07. The third kappa shape index (κ3) is 2.55. The number of rotatable bonds is 7. The first-order valence-electron chi connectivity index (χ1n) is 7.29. The Kier molecular flexibility index (Phi) is 3.49. The van der Waals surface area contributed by atoms with Crippen LogP contribution in [0.2, 0.25) is 0 Å². The smallest absolute Gasteiger partial charge is 0.328 e. The van der Waals surface area contributed by atoms with Crippen LogP contribution in [0.5, 0.6) is 0 Å². The lowest BCUT2D eigenvalue weighted by molar-refractivity contribution is -0.134. The van der Waals surface area contributed by atoms with Crippen LogP contribution in [0, 0.1) is 0 Å². The predicted molar refractivity (Wildman–Crippen MR) is 71.6 cm³/mol. The topological polar surface area (TPSA) is 82.8 Å². The summed E-state index contributed by atoms with van der Waals surface area (Å²) in [7, 11) is 0. The molecule has 3 rings (SSSR count). The quantitative estimate of drug-likeness (QED) is 0.380. The summed E-state index contributed by atoms with van der Waals surface area (Å²) in [6, 6.07) is -0.647. The number of nitrogens with zero attached hydrogens (tertiary/aromatic N) is 2. The van der Waals surface area contributed by atoms with Gasteiger partial charge in [-0.1, -0.05) is 0 Å². The number of hydrogen-bond acceptors (Lipinski definition) is 5. The summed E-state index contributed by atoms with van der Waals surface area (Å²) in [6.45, 7) is 5.10. The van der Waals surface area contributed by atoms with Crippen molar-refractivity contribution in [2.75, 3.05) is 19.8 Å². The van der Waals surface area contributed by atoms with E-state index in [1.165, 1.54) is 4.90 Å². The highest BCUT2D eigenvalue weighted by atomic mass is 16.6. The van der Waals surface area contributed by atoms with E-state index in [9.17, 15) is 14.4 Å². The van der Waals surface area contributed by atoms with Gasteiger partial charge in [0.25, 0.3) is 5.91 Å². The molecule has 116 valence electrons. The van der Waals surface area contributed by atoms with Crippen molar-refractivity contribution in [2.45, 2.75) is 50.5 Å². The number of ether oxygens (including phenoxy) is 2. The van der Waals surface area contributed by atoms with Crippen LogP contribution in [0.15, 0.2) is 0 Å². The van der Waals surface area contributed by atoms with E-state index in [2.05, 4.69) is 0 Å². The molecular formula is C14H20N2O5. The standard InChI is InChI=1S/C14H20N2O5/c1-14(2)12(18)16(10(4-3-5-17)11-8-21-11)13(19)15(14)6-9-7-20-9/h5,9-11H,3-4,6-8H2,1-2H3. The third-order valence-corrected chi connectivity index (χ3v) is 4.34. The Balaban J connectivity index is 1.81. The van der Waals surface area contributed by atoms with Gasteiger partial charge in [0.05, 0.1) is 31.9 Å². The normalized spacial score (nSPS) is 31.5. The molecule has 0 aromatic carbocycles. The molecule has 0 aliphatic carbocycles. The maximum Gasteiger partial charge on any atom is 0.328 e. The number of aldehydes is 1. The van der Waals surface area contributed by atoms with Gasteiger partial charge in [0.1, 0.15) is 17.9 Å². The zero-order valence-corrected chi connectivity index (χ0v) is 12.3. The van der Waals surface area contributed by atoms with Crippen molar-refractivity contribution in [1.82, 2.24) is 9.80 Å². The minimum atomic E-state index is -0.878. The van der Waals surface area contributed by atoms with Gasteiger partial charge in [-0.05, 0) is 20.3 Å². The van der Waals surface area contributed by atoms with Gasteiger partial charge in [0, 0.05) is 6.42 Å². The van der Waals surface area contributed by atoms with Gasteiger partial charge in [0.15, 0.2) is 0 Å². The Bertz CT molecular complexity index is 470. The number of hydrogen-bond donors (Lipinski definition) is 0. The van der Waals surface area contributed by atoms with E-state index in [1.54, 1.807) is 18.7 Å². The molecule has 0 N–H and O–H groups in total. The molecule has 0 radical (unpaired) electrons. The summed E-state index contributed by atoms with van der Waals surface area (Å²) in [6.07, 6.45) is 1.47. The number of epoxide rings is 2. The summed E-state index contributed by atoms with van der Waals surface area (Å²) in [4.78, 5) is 38.8. The van der Waals surface area contributed by atoms with E-state index < -0.39 is 5.54 Å². The first-order valence-corrected chi connectivity index (χ1v) is 7.29. The molecule has 3 amide bonds. The van der Waals surface area contributed by atoms with Crippen molar-refractivity contribution in [3.63, 3.8) is 0 Å². The van der Waals surface area contributed by atoms with Crippen LogP contribution < -0.4 is 0 Å². The van der Waals surface area contributed by atoms with E-state index in [4.69, 9.17) is 9.47 Å². The number of carbonyl (C=O) groups is 3. The van der Waals surface area contributed by atoms with Crippen LogP contribution in [0.3, 0.4) is 0 Å². The van der Waals surface area contributed by atoms with Gasteiger partial charge in [-0.25, -0.2) is 4.79 Å². The average molecular weight is 296 g/mol. The van der Waals surface area contributed by atoms with Crippen LogP contribution >= 0.6 is 0 Å². The minimum Gasteiger partial charge on any atom is -0.371 e. The minimum absolute atomic E-state index is 0.0339. The van der Waals surface area contributed by atoms with Crippen LogP contribution in [-0.4, -0.2) is 71.6 Å². The second-order valence-electron chi connectivity index (χ2n) is 6.27. The Morgan fingerprint density at radius 1 is 1.33 bits per heavy atom. The zero-order chi connectivity index (χ0) is 15.2. The van der Waals surface area contributed by atoms with Crippen LogP contribution in [0.4, 0.5) is 4.79 Å². The van der Waals surface area contributed by atoms with Gasteiger partial charge < -0.3 is 19.2 Å². The van der Waals surface area contributed by atoms with E-state index in [0.717, 1.165) is 6.29 Å². The molecule has 3 heterocycles.